The van der Waals surface area contributed by atoms with Crippen LogP contribution in [0.5, 0.6) is 0 Å². The second-order valence-electron chi connectivity index (χ2n) is 4.75. The van der Waals surface area contributed by atoms with Crippen molar-refractivity contribution in [2.45, 2.75) is 33.2 Å². The lowest BCUT2D eigenvalue weighted by molar-refractivity contribution is 0.0699. The highest BCUT2D eigenvalue weighted by atomic mass is 28.4. The van der Waals surface area contributed by atoms with Gasteiger partial charge in [0.2, 0.25) is 0 Å². The van der Waals surface area contributed by atoms with Crippen LogP contribution in [0.4, 0.5) is 4.79 Å². The fourth-order valence-corrected chi connectivity index (χ4v) is 4.79. The molecule has 0 atom stereocenters. The number of hydrogen-bond donors (Lipinski definition) is 3. The number of carbonyl (C=O) groups excluding carboxylic acids is 1. The van der Waals surface area contributed by atoms with Crippen LogP contribution >= 0.6 is 0 Å². The number of hydrogen-bond acceptors (Lipinski definition) is 6. The first kappa shape index (κ1) is 22.3. The van der Waals surface area contributed by atoms with Crippen LogP contribution in [0.2, 0.25) is 6.04 Å². The lowest BCUT2D eigenvalue weighted by Gasteiger charge is -2.29. The fraction of sp³-hybridized carbons (Fsp3) is 0.929. The molecule has 0 aromatic carbocycles. The minimum Gasteiger partial charge on any atom is -0.395 e. The summed E-state index contributed by atoms with van der Waals surface area (Å²) in [4.78, 5) is 13.4. The molecule has 0 saturated carbocycles. The van der Waals surface area contributed by atoms with E-state index in [-0.39, 0.29) is 32.3 Å². The third-order valence-corrected chi connectivity index (χ3v) is 6.20. The van der Waals surface area contributed by atoms with Gasteiger partial charge in [-0.1, -0.05) is 0 Å². The van der Waals surface area contributed by atoms with Crippen molar-refractivity contribution in [3.05, 3.63) is 0 Å². The quantitative estimate of drug-likeness (QED) is 0.392. The van der Waals surface area contributed by atoms with Crippen molar-refractivity contribution in [1.29, 1.82) is 0 Å². The van der Waals surface area contributed by atoms with E-state index in [9.17, 15) is 4.79 Å². The highest BCUT2D eigenvalue weighted by molar-refractivity contribution is 6.60. The molecule has 0 spiro atoms. The van der Waals surface area contributed by atoms with Crippen molar-refractivity contribution in [3.8, 4) is 0 Å². The summed E-state index contributed by atoms with van der Waals surface area (Å²) in [5.41, 5.74) is 0. The maximum absolute atomic E-state index is 11.9. The monoisotopic (exact) mass is 352 g/mol. The molecule has 0 aromatic heterocycles. The van der Waals surface area contributed by atoms with Gasteiger partial charge in [-0.15, -0.1) is 0 Å². The van der Waals surface area contributed by atoms with Crippen LogP contribution in [0.3, 0.4) is 0 Å². The van der Waals surface area contributed by atoms with Crippen LogP contribution in [-0.4, -0.2) is 82.6 Å². The van der Waals surface area contributed by atoms with E-state index in [2.05, 4.69) is 5.32 Å². The van der Waals surface area contributed by atoms with E-state index in [4.69, 9.17) is 23.5 Å². The van der Waals surface area contributed by atoms with Crippen molar-refractivity contribution >= 4 is 14.8 Å². The lowest BCUT2D eigenvalue weighted by atomic mass is 10.4. The first-order chi connectivity index (χ1) is 11.1. The lowest BCUT2D eigenvalue weighted by Crippen LogP contribution is -2.47. The molecule has 0 aromatic rings. The molecule has 0 saturated heterocycles. The zero-order valence-electron chi connectivity index (χ0n) is 14.5. The highest BCUT2D eigenvalue weighted by Crippen LogP contribution is 2.18. The molecule has 0 aliphatic rings. The van der Waals surface area contributed by atoms with Crippen LogP contribution in [0, 0.1) is 0 Å². The number of urea groups is 1. The maximum atomic E-state index is 11.9. The van der Waals surface area contributed by atoms with Gasteiger partial charge in [-0.3, -0.25) is 0 Å². The molecular formula is C14H32N2O6Si. The molecule has 3 N–H and O–H groups in total. The summed E-state index contributed by atoms with van der Waals surface area (Å²) >= 11 is 0. The largest absolute Gasteiger partial charge is 0.500 e. The fourth-order valence-electron chi connectivity index (χ4n) is 2.20. The minimum atomic E-state index is -2.71. The van der Waals surface area contributed by atoms with Gasteiger partial charge in [0.15, 0.2) is 0 Å². The Morgan fingerprint density at radius 3 is 2.00 bits per heavy atom. The van der Waals surface area contributed by atoms with Gasteiger partial charge in [0.1, 0.15) is 0 Å². The summed E-state index contributed by atoms with van der Waals surface area (Å²) in [7, 11) is -2.71. The predicted molar refractivity (Wildman–Crippen MR) is 89.2 cm³/mol. The van der Waals surface area contributed by atoms with E-state index >= 15 is 0 Å². The molecule has 2 amide bonds. The van der Waals surface area contributed by atoms with Gasteiger partial charge in [-0.05, 0) is 27.2 Å². The third-order valence-electron chi connectivity index (χ3n) is 3.05. The Kier molecular flexibility index (Phi) is 13.3. The molecule has 0 bridgehead atoms. The minimum absolute atomic E-state index is 0.114. The molecule has 0 aliphatic heterocycles. The van der Waals surface area contributed by atoms with Gasteiger partial charge in [0, 0.05) is 45.5 Å². The average Bonchev–Trinajstić information content (AvgIpc) is 2.52. The predicted octanol–water partition coefficient (Wildman–Crippen LogP) is 0.421. The molecule has 0 unspecified atom stereocenters. The molecule has 23 heavy (non-hydrogen) atoms. The van der Waals surface area contributed by atoms with E-state index in [1.54, 1.807) is 0 Å². The molecule has 0 rings (SSSR count). The van der Waals surface area contributed by atoms with Crippen LogP contribution < -0.4 is 5.32 Å². The molecule has 138 valence electrons. The SMILES string of the molecule is CCO[Si](CCCN(CCO)C(=O)NCCO)(OCC)OCC. The Balaban J connectivity index is 4.57. The molecule has 0 heterocycles. The van der Waals surface area contributed by atoms with Crippen LogP contribution in [0.25, 0.3) is 0 Å². The summed E-state index contributed by atoms with van der Waals surface area (Å²) in [6, 6.07) is 0.308. The van der Waals surface area contributed by atoms with Gasteiger partial charge in [0.05, 0.1) is 13.2 Å². The summed E-state index contributed by atoms with van der Waals surface area (Å²) in [5, 5.41) is 20.4. The molecule has 8 nitrogen and oxygen atoms in total. The Bertz CT molecular complexity index is 292. The Morgan fingerprint density at radius 2 is 1.57 bits per heavy atom. The van der Waals surface area contributed by atoms with E-state index in [0.29, 0.717) is 38.8 Å². The summed E-state index contributed by atoms with van der Waals surface area (Å²) in [6.45, 7) is 7.92. The standard InChI is InChI=1S/C14H32N2O6Si/c1-4-20-23(21-5-2,22-6-3)13-7-9-16(10-12-18)14(19)15-8-11-17/h17-18H,4-13H2,1-3H3,(H,15,19). The van der Waals surface area contributed by atoms with Crippen molar-refractivity contribution in [1.82, 2.24) is 10.2 Å². The van der Waals surface area contributed by atoms with E-state index in [1.807, 2.05) is 20.8 Å². The second kappa shape index (κ2) is 13.7. The van der Waals surface area contributed by atoms with Crippen LogP contribution in [0.15, 0.2) is 0 Å². The van der Waals surface area contributed by atoms with E-state index < -0.39 is 8.80 Å². The molecule has 9 heteroatoms. The van der Waals surface area contributed by atoms with Crippen molar-refractivity contribution in [3.63, 3.8) is 0 Å². The number of aliphatic hydroxyl groups is 2. The summed E-state index contributed by atoms with van der Waals surface area (Å²) in [5.74, 6) is 0. The van der Waals surface area contributed by atoms with Gasteiger partial charge in [-0.2, -0.15) is 0 Å². The Hall–Kier alpha value is -0.713. The molecule has 0 radical (unpaired) electrons. The number of nitrogens with zero attached hydrogens (tertiary/aromatic N) is 1. The normalized spacial score (nSPS) is 11.5. The van der Waals surface area contributed by atoms with Crippen molar-refractivity contribution < 1.29 is 28.3 Å². The summed E-state index contributed by atoms with van der Waals surface area (Å²) in [6.07, 6.45) is 0.652. The van der Waals surface area contributed by atoms with Crippen molar-refractivity contribution in [2.24, 2.45) is 0 Å². The van der Waals surface area contributed by atoms with Gasteiger partial charge in [-0.25, -0.2) is 4.79 Å². The smallest absolute Gasteiger partial charge is 0.395 e. The number of aliphatic hydroxyl groups excluding tert-OH is 2. The van der Waals surface area contributed by atoms with Gasteiger partial charge >= 0.3 is 14.8 Å². The maximum Gasteiger partial charge on any atom is 0.500 e. The average molecular weight is 353 g/mol. The molecule has 0 aliphatic carbocycles. The first-order valence-corrected chi connectivity index (χ1v) is 10.2. The zero-order chi connectivity index (χ0) is 17.6. The number of rotatable bonds is 14. The Morgan fingerprint density at radius 1 is 1.00 bits per heavy atom. The summed E-state index contributed by atoms with van der Waals surface area (Å²) < 4.78 is 17.3. The Labute approximate surface area is 140 Å². The van der Waals surface area contributed by atoms with Crippen LogP contribution in [-0.2, 0) is 13.3 Å². The number of nitrogens with one attached hydrogen (secondary N) is 1. The third kappa shape index (κ3) is 9.23. The van der Waals surface area contributed by atoms with Gasteiger partial charge < -0.3 is 33.7 Å². The number of amides is 2. The van der Waals surface area contributed by atoms with E-state index in [0.717, 1.165) is 0 Å². The first-order valence-electron chi connectivity index (χ1n) is 8.25. The number of carbonyl (C=O) groups is 1. The van der Waals surface area contributed by atoms with Gasteiger partial charge in [0.25, 0.3) is 0 Å². The zero-order valence-corrected chi connectivity index (χ0v) is 15.5. The topological polar surface area (TPSA) is 100 Å². The van der Waals surface area contributed by atoms with Crippen molar-refractivity contribution in [2.75, 3.05) is 52.7 Å². The molecule has 0 fully saturated rings. The molecular weight excluding hydrogens is 320 g/mol. The van der Waals surface area contributed by atoms with E-state index in [1.165, 1.54) is 4.90 Å². The second-order valence-corrected chi connectivity index (χ2v) is 7.48. The van der Waals surface area contributed by atoms with Crippen LogP contribution in [0.1, 0.15) is 27.2 Å². The highest BCUT2D eigenvalue weighted by Gasteiger charge is 2.39.